The number of amides is 1. The van der Waals surface area contributed by atoms with Crippen LogP contribution in [-0.4, -0.2) is 22.3 Å². The zero-order valence-corrected chi connectivity index (χ0v) is 13.3. The average molecular weight is 327 g/mol. The summed E-state index contributed by atoms with van der Waals surface area (Å²) < 4.78 is 5.24. The quantitative estimate of drug-likeness (QED) is 0.798. The number of hydrogen-bond donors (Lipinski definition) is 3. The lowest BCUT2D eigenvalue weighted by Gasteiger charge is -2.29. The minimum Gasteiger partial charge on any atom is -0.508 e. The molecule has 24 heavy (non-hydrogen) atoms. The molecule has 1 fully saturated rings. The van der Waals surface area contributed by atoms with Crippen molar-refractivity contribution < 1.29 is 19.7 Å². The monoisotopic (exact) mass is 327 g/mol. The summed E-state index contributed by atoms with van der Waals surface area (Å²) >= 11 is 0. The fourth-order valence-corrected chi connectivity index (χ4v) is 3.22. The van der Waals surface area contributed by atoms with Crippen molar-refractivity contribution in [2.75, 3.05) is 0 Å². The molecule has 2 aromatic carbocycles. The number of nitrogens with one attached hydrogen (secondary N) is 1. The van der Waals surface area contributed by atoms with Crippen LogP contribution in [-0.2, 0) is 0 Å². The van der Waals surface area contributed by atoms with Crippen molar-refractivity contribution in [1.29, 1.82) is 0 Å². The smallest absolute Gasteiger partial charge is 0.412 e. The van der Waals surface area contributed by atoms with E-state index in [9.17, 15) is 15.0 Å². The highest BCUT2D eigenvalue weighted by molar-refractivity contribution is 5.70. The van der Waals surface area contributed by atoms with Crippen LogP contribution in [0.2, 0.25) is 0 Å². The Morgan fingerprint density at radius 1 is 1.00 bits per heavy atom. The van der Waals surface area contributed by atoms with Crippen molar-refractivity contribution >= 4 is 6.09 Å². The third-order valence-electron chi connectivity index (χ3n) is 4.46. The first kappa shape index (κ1) is 16.2. The Kier molecular flexibility index (Phi) is 4.89. The van der Waals surface area contributed by atoms with E-state index in [1.807, 2.05) is 18.2 Å². The summed E-state index contributed by atoms with van der Waals surface area (Å²) in [5.41, 5.74) is 0.859. The van der Waals surface area contributed by atoms with Gasteiger partial charge in [0.15, 0.2) is 0 Å². The Bertz CT molecular complexity index is 694. The standard InChI is InChI=1S/C19H21NO4/c21-15-10-11-17(18(22)12-15)13-6-8-14(9-7-13)20-19(23)24-16-4-2-1-3-5-16/h1-5,10-14,21-22H,6-9H2,(H,20,23). The minimum atomic E-state index is -0.433. The van der Waals surface area contributed by atoms with Gasteiger partial charge in [0.25, 0.3) is 0 Å². The summed E-state index contributed by atoms with van der Waals surface area (Å²) in [6.07, 6.45) is 2.96. The molecule has 3 N–H and O–H groups in total. The molecule has 0 atom stereocenters. The number of carbonyl (C=O) groups is 1. The van der Waals surface area contributed by atoms with Crippen LogP contribution in [0.1, 0.15) is 37.2 Å². The molecular weight excluding hydrogens is 306 g/mol. The molecule has 0 unspecified atom stereocenters. The summed E-state index contributed by atoms with van der Waals surface area (Å²) in [5, 5.41) is 22.2. The van der Waals surface area contributed by atoms with Crippen molar-refractivity contribution in [3.05, 3.63) is 54.1 Å². The maximum absolute atomic E-state index is 11.9. The average Bonchev–Trinajstić information content (AvgIpc) is 2.57. The number of carbonyl (C=O) groups excluding carboxylic acids is 1. The van der Waals surface area contributed by atoms with Gasteiger partial charge in [0.1, 0.15) is 17.2 Å². The number of phenolic OH excluding ortho intramolecular Hbond substituents is 2. The van der Waals surface area contributed by atoms with Crippen molar-refractivity contribution in [2.24, 2.45) is 0 Å². The minimum absolute atomic E-state index is 0.0651. The van der Waals surface area contributed by atoms with Gasteiger partial charge in [-0.15, -0.1) is 0 Å². The molecule has 1 aliphatic rings. The molecule has 3 rings (SSSR count). The van der Waals surface area contributed by atoms with Crippen LogP contribution in [0.5, 0.6) is 17.2 Å². The normalized spacial score (nSPS) is 20.3. The van der Waals surface area contributed by atoms with E-state index in [0.717, 1.165) is 31.2 Å². The summed E-state index contributed by atoms with van der Waals surface area (Å²) in [4.78, 5) is 11.9. The Balaban J connectivity index is 1.51. The second-order valence-corrected chi connectivity index (χ2v) is 6.14. The van der Waals surface area contributed by atoms with Gasteiger partial charge < -0.3 is 20.3 Å². The number of para-hydroxylation sites is 1. The molecule has 5 nitrogen and oxygen atoms in total. The molecule has 0 bridgehead atoms. The van der Waals surface area contributed by atoms with Crippen molar-refractivity contribution in [1.82, 2.24) is 5.32 Å². The number of phenols is 2. The van der Waals surface area contributed by atoms with Crippen LogP contribution in [0.25, 0.3) is 0 Å². The lowest BCUT2D eigenvalue weighted by atomic mass is 9.81. The molecule has 0 spiro atoms. The van der Waals surface area contributed by atoms with Gasteiger partial charge in [0, 0.05) is 12.1 Å². The summed E-state index contributed by atoms with van der Waals surface area (Å²) in [5.74, 6) is 0.969. The van der Waals surface area contributed by atoms with Crippen LogP contribution in [0, 0.1) is 0 Å². The van der Waals surface area contributed by atoms with Gasteiger partial charge in [-0.25, -0.2) is 4.79 Å². The number of benzene rings is 2. The van der Waals surface area contributed by atoms with Gasteiger partial charge in [-0.3, -0.25) is 0 Å². The lowest BCUT2D eigenvalue weighted by molar-refractivity contribution is 0.191. The van der Waals surface area contributed by atoms with Crippen LogP contribution < -0.4 is 10.1 Å². The van der Waals surface area contributed by atoms with Gasteiger partial charge in [0.05, 0.1) is 0 Å². The second kappa shape index (κ2) is 7.25. The first-order valence-electron chi connectivity index (χ1n) is 8.17. The van der Waals surface area contributed by atoms with E-state index in [4.69, 9.17) is 4.74 Å². The molecule has 0 aliphatic heterocycles. The van der Waals surface area contributed by atoms with Crippen LogP contribution in [0.15, 0.2) is 48.5 Å². The highest BCUT2D eigenvalue weighted by Gasteiger charge is 2.25. The molecule has 2 aromatic rings. The largest absolute Gasteiger partial charge is 0.508 e. The van der Waals surface area contributed by atoms with Gasteiger partial charge in [-0.2, -0.15) is 0 Å². The molecular formula is C19H21NO4. The molecule has 0 radical (unpaired) electrons. The summed E-state index contributed by atoms with van der Waals surface area (Å²) in [6, 6.07) is 13.8. The van der Waals surface area contributed by atoms with E-state index in [1.165, 1.54) is 6.07 Å². The Labute approximate surface area is 140 Å². The number of hydrogen-bond acceptors (Lipinski definition) is 4. The van der Waals surface area contributed by atoms with Crippen LogP contribution in [0.3, 0.4) is 0 Å². The third-order valence-corrected chi connectivity index (χ3v) is 4.46. The first-order valence-corrected chi connectivity index (χ1v) is 8.17. The van der Waals surface area contributed by atoms with Gasteiger partial charge in [-0.1, -0.05) is 24.3 Å². The Morgan fingerprint density at radius 3 is 2.38 bits per heavy atom. The zero-order chi connectivity index (χ0) is 16.9. The second-order valence-electron chi connectivity index (χ2n) is 6.14. The summed E-state index contributed by atoms with van der Waals surface area (Å²) in [7, 11) is 0. The molecule has 126 valence electrons. The Morgan fingerprint density at radius 2 is 1.71 bits per heavy atom. The summed E-state index contributed by atoms with van der Waals surface area (Å²) in [6.45, 7) is 0. The molecule has 0 heterocycles. The fourth-order valence-electron chi connectivity index (χ4n) is 3.22. The molecule has 1 saturated carbocycles. The molecule has 0 aromatic heterocycles. The maximum Gasteiger partial charge on any atom is 0.412 e. The van der Waals surface area contributed by atoms with E-state index in [-0.39, 0.29) is 23.5 Å². The molecule has 0 saturated heterocycles. The van der Waals surface area contributed by atoms with Gasteiger partial charge in [-0.05, 0) is 55.4 Å². The van der Waals surface area contributed by atoms with E-state index in [1.54, 1.807) is 24.3 Å². The molecule has 1 amide bonds. The predicted molar refractivity (Wildman–Crippen MR) is 90.4 cm³/mol. The van der Waals surface area contributed by atoms with Crippen LogP contribution >= 0.6 is 0 Å². The number of rotatable bonds is 3. The fraction of sp³-hybridized carbons (Fsp3) is 0.316. The number of aromatic hydroxyl groups is 2. The van der Waals surface area contributed by atoms with Gasteiger partial charge >= 0.3 is 6.09 Å². The van der Waals surface area contributed by atoms with E-state index >= 15 is 0 Å². The van der Waals surface area contributed by atoms with Crippen LogP contribution in [0.4, 0.5) is 4.79 Å². The Hall–Kier alpha value is -2.69. The van der Waals surface area contributed by atoms with Crippen molar-refractivity contribution in [2.45, 2.75) is 37.6 Å². The topological polar surface area (TPSA) is 78.8 Å². The van der Waals surface area contributed by atoms with Crippen molar-refractivity contribution in [3.63, 3.8) is 0 Å². The zero-order valence-electron chi connectivity index (χ0n) is 13.3. The van der Waals surface area contributed by atoms with E-state index in [2.05, 4.69) is 5.32 Å². The SMILES string of the molecule is O=C(NC1CCC(c2ccc(O)cc2O)CC1)Oc1ccccc1. The predicted octanol–water partition coefficient (Wildman–Crippen LogP) is 3.91. The van der Waals surface area contributed by atoms with E-state index < -0.39 is 6.09 Å². The van der Waals surface area contributed by atoms with Gasteiger partial charge in [0.2, 0.25) is 0 Å². The molecule has 5 heteroatoms. The maximum atomic E-state index is 11.9. The highest BCUT2D eigenvalue weighted by atomic mass is 16.6. The molecule has 1 aliphatic carbocycles. The first-order chi connectivity index (χ1) is 11.6. The highest BCUT2D eigenvalue weighted by Crippen LogP contribution is 2.38. The number of ether oxygens (including phenoxy) is 1. The van der Waals surface area contributed by atoms with Crippen molar-refractivity contribution in [3.8, 4) is 17.2 Å². The lowest BCUT2D eigenvalue weighted by Crippen LogP contribution is -2.39. The van der Waals surface area contributed by atoms with E-state index in [0.29, 0.717) is 5.75 Å². The third kappa shape index (κ3) is 3.98.